The first-order valence-corrected chi connectivity index (χ1v) is 7.09. The van der Waals surface area contributed by atoms with Crippen molar-refractivity contribution in [3.05, 3.63) is 24.3 Å². The molecule has 1 atom stereocenters. The number of hydrogen-bond acceptors (Lipinski definition) is 4. The summed E-state index contributed by atoms with van der Waals surface area (Å²) >= 11 is 0. The van der Waals surface area contributed by atoms with Crippen LogP contribution < -0.4 is 5.32 Å². The van der Waals surface area contributed by atoms with Gasteiger partial charge >= 0.3 is 0 Å². The molecule has 0 aliphatic carbocycles. The summed E-state index contributed by atoms with van der Waals surface area (Å²) in [5.74, 6) is -0.746. The highest BCUT2D eigenvalue weighted by Crippen LogP contribution is 2.21. The average molecular weight is 255 g/mol. The molecule has 17 heavy (non-hydrogen) atoms. The van der Waals surface area contributed by atoms with Crippen LogP contribution in [0.1, 0.15) is 6.42 Å². The normalized spacial score (nSPS) is 22.2. The molecule has 1 aromatic rings. The van der Waals surface area contributed by atoms with Crippen molar-refractivity contribution in [2.45, 2.75) is 6.42 Å². The molecular weight excluding hydrogens is 242 g/mol. The lowest BCUT2D eigenvalue weighted by Crippen LogP contribution is -2.23. The van der Waals surface area contributed by atoms with E-state index >= 15 is 0 Å². The summed E-state index contributed by atoms with van der Waals surface area (Å²) in [6, 6.07) is 6.16. The Morgan fingerprint density at radius 2 is 2.18 bits per heavy atom. The molecule has 1 aliphatic heterocycles. The zero-order valence-corrected chi connectivity index (χ0v) is 9.90. The van der Waals surface area contributed by atoms with Gasteiger partial charge in [-0.05, 0) is 18.6 Å². The lowest BCUT2D eigenvalue weighted by atomic mass is 10.1. The van der Waals surface area contributed by atoms with E-state index in [1.807, 2.05) is 0 Å². The molecule has 1 aliphatic rings. The van der Waals surface area contributed by atoms with Crippen molar-refractivity contribution in [1.29, 1.82) is 0 Å². The van der Waals surface area contributed by atoms with Crippen LogP contribution in [0.2, 0.25) is 0 Å². The van der Waals surface area contributed by atoms with E-state index in [2.05, 4.69) is 5.32 Å². The molecule has 1 unspecified atom stereocenters. The first-order chi connectivity index (χ1) is 7.96. The molecule has 1 fully saturated rings. The summed E-state index contributed by atoms with van der Waals surface area (Å²) in [5, 5.41) is 11.8. The zero-order chi connectivity index (χ0) is 12.5. The quantitative estimate of drug-likeness (QED) is 0.817. The van der Waals surface area contributed by atoms with Gasteiger partial charge in [0.15, 0.2) is 9.84 Å². The molecule has 5 nitrogen and oxygen atoms in total. The van der Waals surface area contributed by atoms with Crippen LogP contribution in [0.3, 0.4) is 0 Å². The standard InChI is InChI=1S/C11H13NO4S/c13-10-3-1-2-9(6-10)12-11(14)8-4-5-17(15,16)7-8/h1-3,6,8,13H,4-5,7H2,(H,12,14). The fraction of sp³-hybridized carbons (Fsp3) is 0.364. The number of nitrogens with one attached hydrogen (secondary N) is 1. The highest BCUT2D eigenvalue weighted by molar-refractivity contribution is 7.91. The van der Waals surface area contributed by atoms with Gasteiger partial charge in [0.05, 0.1) is 17.4 Å². The summed E-state index contributed by atoms with van der Waals surface area (Å²) in [7, 11) is -3.05. The van der Waals surface area contributed by atoms with Crippen LogP contribution in [-0.4, -0.2) is 30.9 Å². The SMILES string of the molecule is O=C(Nc1cccc(O)c1)C1CCS(=O)(=O)C1. The zero-order valence-electron chi connectivity index (χ0n) is 9.09. The van der Waals surface area contributed by atoms with E-state index in [-0.39, 0.29) is 23.2 Å². The van der Waals surface area contributed by atoms with Gasteiger partial charge in [-0.15, -0.1) is 0 Å². The third-order valence-electron chi connectivity index (χ3n) is 2.72. The van der Waals surface area contributed by atoms with Gasteiger partial charge in [-0.25, -0.2) is 8.42 Å². The number of hydrogen-bond donors (Lipinski definition) is 2. The van der Waals surface area contributed by atoms with Crippen LogP contribution in [0.25, 0.3) is 0 Å². The second kappa shape index (κ2) is 4.37. The number of carbonyl (C=O) groups excluding carboxylic acids is 1. The third kappa shape index (κ3) is 2.97. The number of carbonyl (C=O) groups is 1. The summed E-state index contributed by atoms with van der Waals surface area (Å²) in [6.45, 7) is 0. The lowest BCUT2D eigenvalue weighted by molar-refractivity contribution is -0.119. The molecule has 1 heterocycles. The Hall–Kier alpha value is -1.56. The predicted molar refractivity (Wildman–Crippen MR) is 63.5 cm³/mol. The van der Waals surface area contributed by atoms with Crippen LogP contribution in [0, 0.1) is 5.92 Å². The number of rotatable bonds is 2. The summed E-state index contributed by atoms with van der Waals surface area (Å²) in [6.07, 6.45) is 0.368. The minimum atomic E-state index is -3.05. The first-order valence-electron chi connectivity index (χ1n) is 5.26. The van der Waals surface area contributed by atoms with Crippen LogP contribution >= 0.6 is 0 Å². The molecule has 0 saturated carbocycles. The Morgan fingerprint density at radius 1 is 1.41 bits per heavy atom. The number of phenols is 1. The largest absolute Gasteiger partial charge is 0.508 e. The lowest BCUT2D eigenvalue weighted by Gasteiger charge is -2.09. The molecule has 2 rings (SSSR count). The van der Waals surface area contributed by atoms with Crippen molar-refractivity contribution in [2.24, 2.45) is 5.92 Å². The Bertz CT molecular complexity index is 538. The Kier molecular flexibility index (Phi) is 3.06. The topological polar surface area (TPSA) is 83.5 Å². The molecule has 1 amide bonds. The van der Waals surface area contributed by atoms with Crippen molar-refractivity contribution >= 4 is 21.4 Å². The van der Waals surface area contributed by atoms with Crippen molar-refractivity contribution < 1.29 is 18.3 Å². The number of anilines is 1. The second-order valence-electron chi connectivity index (χ2n) is 4.14. The highest BCUT2D eigenvalue weighted by atomic mass is 32.2. The second-order valence-corrected chi connectivity index (χ2v) is 6.37. The molecule has 1 saturated heterocycles. The predicted octanol–water partition coefficient (Wildman–Crippen LogP) is 0.765. The fourth-order valence-electron chi connectivity index (χ4n) is 1.83. The molecule has 6 heteroatoms. The average Bonchev–Trinajstić information content (AvgIpc) is 2.59. The van der Waals surface area contributed by atoms with E-state index in [1.54, 1.807) is 12.1 Å². The van der Waals surface area contributed by atoms with Gasteiger partial charge < -0.3 is 10.4 Å². The molecule has 0 radical (unpaired) electrons. The van der Waals surface area contributed by atoms with Crippen LogP contribution in [0.5, 0.6) is 5.75 Å². The first kappa shape index (κ1) is 11.9. The smallest absolute Gasteiger partial charge is 0.228 e. The minimum absolute atomic E-state index is 0.0573. The molecule has 92 valence electrons. The molecule has 1 aromatic carbocycles. The van der Waals surface area contributed by atoms with Gasteiger partial charge in [-0.1, -0.05) is 6.07 Å². The summed E-state index contributed by atoms with van der Waals surface area (Å²) in [4.78, 5) is 11.8. The minimum Gasteiger partial charge on any atom is -0.508 e. The maximum Gasteiger partial charge on any atom is 0.228 e. The molecular formula is C11H13NO4S. The number of benzene rings is 1. The summed E-state index contributed by atoms with van der Waals surface area (Å²) < 4.78 is 22.5. The molecule has 0 spiro atoms. The van der Waals surface area contributed by atoms with Gasteiger partial charge in [0.1, 0.15) is 5.75 Å². The van der Waals surface area contributed by atoms with Crippen molar-refractivity contribution in [2.75, 3.05) is 16.8 Å². The van der Waals surface area contributed by atoms with Crippen LogP contribution in [0.4, 0.5) is 5.69 Å². The van der Waals surface area contributed by atoms with E-state index in [9.17, 15) is 18.3 Å². The van der Waals surface area contributed by atoms with Crippen LogP contribution in [-0.2, 0) is 14.6 Å². The van der Waals surface area contributed by atoms with Crippen LogP contribution in [0.15, 0.2) is 24.3 Å². The van der Waals surface area contributed by atoms with E-state index in [1.165, 1.54) is 12.1 Å². The third-order valence-corrected chi connectivity index (χ3v) is 4.48. The van der Waals surface area contributed by atoms with Gasteiger partial charge in [-0.3, -0.25) is 4.79 Å². The molecule has 2 N–H and O–H groups in total. The summed E-state index contributed by atoms with van der Waals surface area (Å²) in [5.41, 5.74) is 0.472. The fourth-order valence-corrected chi connectivity index (χ4v) is 3.57. The van der Waals surface area contributed by atoms with Crippen molar-refractivity contribution in [3.63, 3.8) is 0 Å². The molecule has 0 bridgehead atoms. The number of phenolic OH excluding ortho intramolecular Hbond substituents is 1. The van der Waals surface area contributed by atoms with Crippen molar-refractivity contribution in [1.82, 2.24) is 0 Å². The van der Waals surface area contributed by atoms with Gasteiger partial charge in [0.2, 0.25) is 5.91 Å². The van der Waals surface area contributed by atoms with E-state index in [0.29, 0.717) is 12.1 Å². The van der Waals surface area contributed by atoms with E-state index in [4.69, 9.17) is 0 Å². The van der Waals surface area contributed by atoms with E-state index < -0.39 is 15.8 Å². The van der Waals surface area contributed by atoms with Gasteiger partial charge in [0, 0.05) is 11.8 Å². The Balaban J connectivity index is 2.03. The number of aromatic hydroxyl groups is 1. The number of sulfone groups is 1. The Morgan fingerprint density at radius 3 is 2.76 bits per heavy atom. The Labute approximate surface area is 99.4 Å². The highest BCUT2D eigenvalue weighted by Gasteiger charge is 2.32. The van der Waals surface area contributed by atoms with Gasteiger partial charge in [0.25, 0.3) is 0 Å². The number of amides is 1. The van der Waals surface area contributed by atoms with E-state index in [0.717, 1.165) is 0 Å². The monoisotopic (exact) mass is 255 g/mol. The van der Waals surface area contributed by atoms with Gasteiger partial charge in [-0.2, -0.15) is 0 Å². The maximum atomic E-state index is 11.8. The maximum absolute atomic E-state index is 11.8. The molecule has 0 aromatic heterocycles. The van der Waals surface area contributed by atoms with Crippen molar-refractivity contribution in [3.8, 4) is 5.75 Å².